The molecule has 1 aliphatic carbocycles. The highest BCUT2D eigenvalue weighted by Crippen LogP contribution is 2.31. The molecule has 0 spiro atoms. The zero-order valence-corrected chi connectivity index (χ0v) is 6.55. The second-order valence-electron chi connectivity index (χ2n) is 3.70. The molecule has 0 aromatic heterocycles. The van der Waals surface area contributed by atoms with Gasteiger partial charge in [0.1, 0.15) is 5.78 Å². The summed E-state index contributed by atoms with van der Waals surface area (Å²) in [6.07, 6.45) is 1.58. The van der Waals surface area contributed by atoms with Crippen LogP contribution in [0.3, 0.4) is 0 Å². The summed E-state index contributed by atoms with van der Waals surface area (Å²) in [6, 6.07) is 0. The maximum Gasteiger partial charge on any atom is 0.138 e. The lowest BCUT2D eigenvalue weighted by Crippen LogP contribution is -2.34. The fourth-order valence-corrected chi connectivity index (χ4v) is 1.44. The molecule has 0 aliphatic heterocycles. The number of Topliss-reactive ketones (excluding diaryl/α,β-unsaturated/α-hetero) is 1. The van der Waals surface area contributed by atoms with Crippen LogP contribution in [0.2, 0.25) is 0 Å². The fourth-order valence-electron chi connectivity index (χ4n) is 1.44. The normalized spacial score (nSPS) is 32.3. The van der Waals surface area contributed by atoms with Crippen molar-refractivity contribution in [1.29, 1.82) is 0 Å². The number of hydrogen-bond acceptors (Lipinski definition) is 2. The monoisotopic (exact) mass is 142 g/mol. The van der Waals surface area contributed by atoms with E-state index in [1.54, 1.807) is 0 Å². The van der Waals surface area contributed by atoms with Crippen LogP contribution in [0.4, 0.5) is 0 Å². The zero-order valence-electron chi connectivity index (χ0n) is 6.55. The number of carbonyl (C=O) groups is 1. The summed E-state index contributed by atoms with van der Waals surface area (Å²) in [5.41, 5.74) is -0.280. The largest absolute Gasteiger partial charge is 0.393 e. The smallest absolute Gasteiger partial charge is 0.138 e. The quantitative estimate of drug-likeness (QED) is 0.550. The molecule has 1 rings (SSSR count). The second kappa shape index (κ2) is 2.35. The summed E-state index contributed by atoms with van der Waals surface area (Å²) in [6.45, 7) is 3.80. The third-order valence-corrected chi connectivity index (χ3v) is 2.21. The van der Waals surface area contributed by atoms with Gasteiger partial charge in [-0.3, -0.25) is 4.79 Å². The van der Waals surface area contributed by atoms with Crippen molar-refractivity contribution in [2.24, 2.45) is 5.41 Å². The minimum absolute atomic E-state index is 0.257. The summed E-state index contributed by atoms with van der Waals surface area (Å²) in [5, 5.41) is 9.21. The van der Waals surface area contributed by atoms with E-state index in [1.165, 1.54) is 0 Å². The summed E-state index contributed by atoms with van der Waals surface area (Å²) in [5.74, 6) is 0.290. The number of hydrogen-bond donors (Lipinski definition) is 1. The van der Waals surface area contributed by atoms with Gasteiger partial charge in [0.2, 0.25) is 0 Å². The molecule has 58 valence electrons. The summed E-state index contributed by atoms with van der Waals surface area (Å²) >= 11 is 0. The van der Waals surface area contributed by atoms with Crippen molar-refractivity contribution < 1.29 is 9.90 Å². The van der Waals surface area contributed by atoms with Gasteiger partial charge in [-0.15, -0.1) is 0 Å². The van der Waals surface area contributed by atoms with Crippen LogP contribution in [0.15, 0.2) is 0 Å². The minimum atomic E-state index is -0.280. The Bertz CT molecular complexity index is 149. The number of aliphatic hydroxyl groups is 1. The van der Waals surface area contributed by atoms with E-state index in [0.717, 1.165) is 0 Å². The van der Waals surface area contributed by atoms with Crippen molar-refractivity contribution in [3.8, 4) is 0 Å². The van der Waals surface area contributed by atoms with Crippen molar-refractivity contribution in [3.63, 3.8) is 0 Å². The van der Waals surface area contributed by atoms with E-state index in [-0.39, 0.29) is 17.3 Å². The van der Waals surface area contributed by atoms with Crippen molar-refractivity contribution in [2.75, 3.05) is 0 Å². The third-order valence-electron chi connectivity index (χ3n) is 2.21. The maximum atomic E-state index is 11.2. The van der Waals surface area contributed by atoms with E-state index < -0.39 is 0 Å². The molecule has 1 unspecified atom stereocenters. The summed E-state index contributed by atoms with van der Waals surface area (Å²) in [7, 11) is 0. The molecule has 0 aromatic rings. The Morgan fingerprint density at radius 1 is 1.60 bits per heavy atom. The molecule has 0 bridgehead atoms. The highest BCUT2D eigenvalue weighted by molar-refractivity contribution is 5.84. The van der Waals surface area contributed by atoms with Crippen LogP contribution in [-0.4, -0.2) is 17.0 Å². The average Bonchev–Trinajstić information content (AvgIpc) is 1.78. The van der Waals surface area contributed by atoms with Crippen LogP contribution in [-0.2, 0) is 4.79 Å². The molecule has 0 heterocycles. The van der Waals surface area contributed by atoms with Crippen LogP contribution in [0, 0.1) is 5.41 Å². The predicted molar refractivity (Wildman–Crippen MR) is 38.6 cm³/mol. The van der Waals surface area contributed by atoms with Crippen LogP contribution in [0.1, 0.15) is 33.1 Å². The van der Waals surface area contributed by atoms with Gasteiger partial charge in [0.15, 0.2) is 0 Å². The Labute approximate surface area is 61.2 Å². The molecule has 2 nitrogen and oxygen atoms in total. The van der Waals surface area contributed by atoms with Crippen molar-refractivity contribution >= 4 is 5.78 Å². The molecular weight excluding hydrogens is 128 g/mol. The highest BCUT2D eigenvalue weighted by Gasteiger charge is 2.34. The van der Waals surface area contributed by atoms with Crippen molar-refractivity contribution in [1.82, 2.24) is 0 Å². The molecule has 1 atom stereocenters. The molecule has 0 saturated heterocycles. The van der Waals surface area contributed by atoms with Gasteiger partial charge in [0, 0.05) is 11.8 Å². The molecule has 0 aromatic carbocycles. The predicted octanol–water partition coefficient (Wildman–Crippen LogP) is 1.13. The van der Waals surface area contributed by atoms with Gasteiger partial charge in [-0.25, -0.2) is 0 Å². The lowest BCUT2D eigenvalue weighted by atomic mass is 9.75. The Morgan fingerprint density at radius 2 is 2.20 bits per heavy atom. The Hall–Kier alpha value is -0.370. The molecule has 1 N–H and O–H groups in total. The maximum absolute atomic E-state index is 11.2. The van der Waals surface area contributed by atoms with E-state index in [9.17, 15) is 9.90 Å². The fraction of sp³-hybridized carbons (Fsp3) is 0.875. The van der Waals surface area contributed by atoms with E-state index in [0.29, 0.717) is 19.3 Å². The van der Waals surface area contributed by atoms with Crippen molar-refractivity contribution in [2.45, 2.75) is 39.2 Å². The third kappa shape index (κ3) is 1.37. The van der Waals surface area contributed by atoms with Gasteiger partial charge in [-0.05, 0) is 12.8 Å². The van der Waals surface area contributed by atoms with E-state index in [2.05, 4.69) is 0 Å². The molecule has 10 heavy (non-hydrogen) atoms. The number of rotatable bonds is 0. The summed E-state index contributed by atoms with van der Waals surface area (Å²) in [4.78, 5) is 11.2. The Balaban J connectivity index is 2.63. The van der Waals surface area contributed by atoms with E-state index in [4.69, 9.17) is 0 Å². The zero-order chi connectivity index (χ0) is 7.78. The molecule has 1 fully saturated rings. The highest BCUT2D eigenvalue weighted by atomic mass is 16.3. The van der Waals surface area contributed by atoms with Gasteiger partial charge in [-0.2, -0.15) is 0 Å². The SMILES string of the molecule is CC1(C)CC(O)CCC1=O. The van der Waals surface area contributed by atoms with Crippen LogP contribution >= 0.6 is 0 Å². The van der Waals surface area contributed by atoms with Crippen LogP contribution < -0.4 is 0 Å². The number of aliphatic hydroxyl groups excluding tert-OH is 1. The first-order valence-corrected chi connectivity index (χ1v) is 3.74. The molecule has 1 saturated carbocycles. The molecule has 0 radical (unpaired) electrons. The summed E-state index contributed by atoms with van der Waals surface area (Å²) < 4.78 is 0. The topological polar surface area (TPSA) is 37.3 Å². The molecule has 0 amide bonds. The van der Waals surface area contributed by atoms with Gasteiger partial charge in [-0.1, -0.05) is 13.8 Å². The number of carbonyl (C=O) groups excluding carboxylic acids is 1. The Morgan fingerprint density at radius 3 is 2.60 bits per heavy atom. The van der Waals surface area contributed by atoms with Gasteiger partial charge in [0.05, 0.1) is 6.10 Å². The first-order chi connectivity index (χ1) is 4.52. The molecule has 1 aliphatic rings. The molecule has 2 heteroatoms. The lowest BCUT2D eigenvalue weighted by molar-refractivity contribution is -0.132. The second-order valence-corrected chi connectivity index (χ2v) is 3.70. The van der Waals surface area contributed by atoms with Gasteiger partial charge in [0.25, 0.3) is 0 Å². The van der Waals surface area contributed by atoms with Gasteiger partial charge >= 0.3 is 0 Å². The molecular formula is C8H14O2. The number of ketones is 1. The first-order valence-electron chi connectivity index (χ1n) is 3.74. The standard InChI is InChI=1S/C8H14O2/c1-8(2)5-6(9)3-4-7(8)10/h6,9H,3-5H2,1-2H3. The minimum Gasteiger partial charge on any atom is -0.393 e. The van der Waals surface area contributed by atoms with E-state index >= 15 is 0 Å². The van der Waals surface area contributed by atoms with Crippen LogP contribution in [0.25, 0.3) is 0 Å². The lowest BCUT2D eigenvalue weighted by Gasteiger charge is -2.30. The Kier molecular flexibility index (Phi) is 1.82. The average molecular weight is 142 g/mol. The van der Waals surface area contributed by atoms with Gasteiger partial charge < -0.3 is 5.11 Å². The van der Waals surface area contributed by atoms with Crippen molar-refractivity contribution in [3.05, 3.63) is 0 Å². The van der Waals surface area contributed by atoms with E-state index in [1.807, 2.05) is 13.8 Å². The van der Waals surface area contributed by atoms with Crippen LogP contribution in [0.5, 0.6) is 0 Å². The first kappa shape index (κ1) is 7.73.